The molecule has 0 saturated heterocycles. The van der Waals surface area contributed by atoms with Crippen LogP contribution in [0, 0.1) is 6.92 Å². The molecule has 3 aromatic rings. The number of hydrogen-bond acceptors (Lipinski definition) is 5. The fourth-order valence-electron chi connectivity index (χ4n) is 2.52. The van der Waals surface area contributed by atoms with E-state index in [-0.39, 0.29) is 16.4 Å². The molecule has 0 unspecified atom stereocenters. The van der Waals surface area contributed by atoms with Crippen LogP contribution in [0.1, 0.15) is 21.7 Å². The SMILES string of the molecule is Cc1cnn(CCNC(=O)c2occc2CS(=O)(=O)c2ccccc2)c1. The van der Waals surface area contributed by atoms with Crippen molar-refractivity contribution in [2.24, 2.45) is 0 Å². The maximum Gasteiger partial charge on any atom is 0.287 e. The van der Waals surface area contributed by atoms with Crippen molar-refractivity contribution in [1.29, 1.82) is 0 Å². The molecule has 3 rings (SSSR count). The molecule has 0 fully saturated rings. The molecule has 26 heavy (non-hydrogen) atoms. The Hall–Kier alpha value is -2.87. The van der Waals surface area contributed by atoms with E-state index in [0.29, 0.717) is 18.7 Å². The third-order valence-electron chi connectivity index (χ3n) is 3.79. The standard InChI is InChI=1S/C18H19N3O4S/c1-14-11-20-21(12-14)9-8-19-18(22)17-15(7-10-25-17)13-26(23,24)16-5-3-2-4-6-16/h2-7,10-12H,8-9,13H2,1H3,(H,19,22). The Labute approximate surface area is 151 Å². The van der Waals surface area contributed by atoms with Crippen LogP contribution in [0.3, 0.4) is 0 Å². The molecular weight excluding hydrogens is 354 g/mol. The zero-order valence-electron chi connectivity index (χ0n) is 14.3. The fraction of sp³-hybridized carbons (Fsp3) is 0.222. The Balaban J connectivity index is 1.65. The van der Waals surface area contributed by atoms with Crippen molar-refractivity contribution in [2.45, 2.75) is 24.1 Å². The van der Waals surface area contributed by atoms with E-state index in [9.17, 15) is 13.2 Å². The lowest BCUT2D eigenvalue weighted by Gasteiger charge is -2.07. The number of sulfone groups is 1. The third-order valence-corrected chi connectivity index (χ3v) is 5.47. The van der Waals surface area contributed by atoms with Gasteiger partial charge in [-0.3, -0.25) is 9.48 Å². The Morgan fingerprint density at radius 2 is 2.00 bits per heavy atom. The van der Waals surface area contributed by atoms with Crippen molar-refractivity contribution >= 4 is 15.7 Å². The minimum atomic E-state index is -3.55. The van der Waals surface area contributed by atoms with Crippen molar-refractivity contribution in [3.8, 4) is 0 Å². The Bertz CT molecular complexity index is 990. The first-order chi connectivity index (χ1) is 12.5. The van der Waals surface area contributed by atoms with Crippen LogP contribution < -0.4 is 5.32 Å². The number of aromatic nitrogens is 2. The van der Waals surface area contributed by atoms with Crippen molar-refractivity contribution in [1.82, 2.24) is 15.1 Å². The maximum atomic E-state index is 12.5. The van der Waals surface area contributed by atoms with E-state index in [1.165, 1.54) is 24.5 Å². The Morgan fingerprint density at radius 3 is 2.69 bits per heavy atom. The number of furan rings is 1. The van der Waals surface area contributed by atoms with Gasteiger partial charge in [0.15, 0.2) is 15.6 Å². The van der Waals surface area contributed by atoms with Crippen molar-refractivity contribution < 1.29 is 17.6 Å². The van der Waals surface area contributed by atoms with Crippen LogP contribution in [0.25, 0.3) is 0 Å². The summed E-state index contributed by atoms with van der Waals surface area (Å²) < 4.78 is 31.9. The highest BCUT2D eigenvalue weighted by Gasteiger charge is 2.22. The Kier molecular flexibility index (Phi) is 5.22. The number of nitrogens with zero attached hydrogens (tertiary/aromatic N) is 2. The number of aryl methyl sites for hydroxylation is 1. The lowest BCUT2D eigenvalue weighted by molar-refractivity contribution is 0.0923. The number of amides is 1. The van der Waals surface area contributed by atoms with Gasteiger partial charge in [0.05, 0.1) is 29.7 Å². The van der Waals surface area contributed by atoms with Crippen LogP contribution in [-0.2, 0) is 22.1 Å². The van der Waals surface area contributed by atoms with Crippen LogP contribution in [-0.4, -0.2) is 30.7 Å². The average Bonchev–Trinajstić information content (AvgIpc) is 3.24. The molecule has 0 aliphatic carbocycles. The molecule has 0 atom stereocenters. The summed E-state index contributed by atoms with van der Waals surface area (Å²) in [6.45, 7) is 2.80. The predicted molar refractivity (Wildman–Crippen MR) is 95.3 cm³/mol. The normalized spacial score (nSPS) is 11.4. The first kappa shape index (κ1) is 17.9. The summed E-state index contributed by atoms with van der Waals surface area (Å²) in [4.78, 5) is 12.5. The summed E-state index contributed by atoms with van der Waals surface area (Å²) in [5.41, 5.74) is 1.37. The number of carbonyl (C=O) groups excluding carboxylic acids is 1. The van der Waals surface area contributed by atoms with E-state index >= 15 is 0 Å². The van der Waals surface area contributed by atoms with Gasteiger partial charge in [-0.15, -0.1) is 0 Å². The highest BCUT2D eigenvalue weighted by Crippen LogP contribution is 2.19. The topological polar surface area (TPSA) is 94.2 Å². The van der Waals surface area contributed by atoms with Crippen molar-refractivity contribution in [2.75, 3.05) is 6.54 Å². The van der Waals surface area contributed by atoms with E-state index < -0.39 is 15.7 Å². The van der Waals surface area contributed by atoms with E-state index in [4.69, 9.17) is 4.42 Å². The van der Waals surface area contributed by atoms with Crippen LogP contribution in [0.2, 0.25) is 0 Å². The first-order valence-electron chi connectivity index (χ1n) is 8.07. The molecule has 0 aliphatic rings. The number of hydrogen-bond donors (Lipinski definition) is 1. The Morgan fingerprint density at radius 1 is 1.23 bits per heavy atom. The minimum Gasteiger partial charge on any atom is -0.459 e. The molecule has 0 bridgehead atoms. The quantitative estimate of drug-likeness (QED) is 0.685. The van der Waals surface area contributed by atoms with E-state index in [0.717, 1.165) is 5.56 Å². The van der Waals surface area contributed by atoms with Crippen molar-refractivity contribution in [3.63, 3.8) is 0 Å². The van der Waals surface area contributed by atoms with E-state index in [2.05, 4.69) is 10.4 Å². The molecule has 2 aromatic heterocycles. The summed E-state index contributed by atoms with van der Waals surface area (Å²) >= 11 is 0. The summed E-state index contributed by atoms with van der Waals surface area (Å²) in [6.07, 6.45) is 4.93. The van der Waals surface area contributed by atoms with Gasteiger partial charge < -0.3 is 9.73 Å². The second kappa shape index (κ2) is 7.57. The summed E-state index contributed by atoms with van der Waals surface area (Å²) in [5.74, 6) is -0.729. The zero-order valence-corrected chi connectivity index (χ0v) is 15.1. The molecule has 0 spiro atoms. The summed E-state index contributed by atoms with van der Waals surface area (Å²) in [7, 11) is -3.55. The molecule has 1 aromatic carbocycles. The highest BCUT2D eigenvalue weighted by molar-refractivity contribution is 7.90. The monoisotopic (exact) mass is 373 g/mol. The van der Waals surface area contributed by atoms with Gasteiger partial charge in [-0.1, -0.05) is 18.2 Å². The largest absolute Gasteiger partial charge is 0.459 e. The van der Waals surface area contributed by atoms with E-state index in [1.54, 1.807) is 29.1 Å². The minimum absolute atomic E-state index is 0.0150. The second-order valence-electron chi connectivity index (χ2n) is 5.88. The molecule has 136 valence electrons. The fourth-order valence-corrected chi connectivity index (χ4v) is 3.89. The number of carbonyl (C=O) groups is 1. The number of rotatable bonds is 7. The molecule has 1 amide bonds. The van der Waals surface area contributed by atoms with Gasteiger partial charge in [0.2, 0.25) is 0 Å². The first-order valence-corrected chi connectivity index (χ1v) is 9.72. The van der Waals surface area contributed by atoms with Crippen LogP contribution in [0.5, 0.6) is 0 Å². The van der Waals surface area contributed by atoms with Crippen molar-refractivity contribution in [3.05, 3.63) is 71.9 Å². The molecule has 2 heterocycles. The lowest BCUT2D eigenvalue weighted by Crippen LogP contribution is -2.28. The van der Waals surface area contributed by atoms with Crippen LogP contribution >= 0.6 is 0 Å². The van der Waals surface area contributed by atoms with Gasteiger partial charge in [-0.25, -0.2) is 8.42 Å². The van der Waals surface area contributed by atoms with Gasteiger partial charge in [0.1, 0.15) is 0 Å². The average molecular weight is 373 g/mol. The molecule has 0 aliphatic heterocycles. The molecular formula is C18H19N3O4S. The molecule has 0 saturated carbocycles. The molecule has 8 heteroatoms. The number of benzene rings is 1. The highest BCUT2D eigenvalue weighted by atomic mass is 32.2. The number of nitrogens with one attached hydrogen (secondary N) is 1. The van der Waals surface area contributed by atoms with Crippen LogP contribution in [0.15, 0.2) is 64.4 Å². The summed E-state index contributed by atoms with van der Waals surface area (Å²) in [5, 5.41) is 6.86. The second-order valence-corrected chi connectivity index (χ2v) is 7.87. The third kappa shape index (κ3) is 4.20. The molecule has 0 radical (unpaired) electrons. The van der Waals surface area contributed by atoms with Gasteiger partial charge in [0.25, 0.3) is 5.91 Å². The summed E-state index contributed by atoms with van der Waals surface area (Å²) in [6, 6.07) is 9.63. The van der Waals surface area contributed by atoms with Crippen LogP contribution in [0.4, 0.5) is 0 Å². The van der Waals surface area contributed by atoms with E-state index in [1.807, 2.05) is 13.1 Å². The maximum absolute atomic E-state index is 12.5. The smallest absolute Gasteiger partial charge is 0.287 e. The lowest BCUT2D eigenvalue weighted by atomic mass is 10.2. The molecule has 1 N–H and O–H groups in total. The predicted octanol–water partition coefficient (Wildman–Crippen LogP) is 2.19. The molecule has 7 nitrogen and oxygen atoms in total. The van der Waals surface area contributed by atoms with Gasteiger partial charge in [-0.05, 0) is 30.7 Å². The van der Waals surface area contributed by atoms with Gasteiger partial charge >= 0.3 is 0 Å². The van der Waals surface area contributed by atoms with Gasteiger partial charge in [0, 0.05) is 18.3 Å². The zero-order chi connectivity index (χ0) is 18.6. The van der Waals surface area contributed by atoms with Gasteiger partial charge in [-0.2, -0.15) is 5.10 Å².